The smallest absolute Gasteiger partial charge is 0.0280 e. The second-order valence-corrected chi connectivity index (χ2v) is 10.2. The molecule has 42 heavy (non-hydrogen) atoms. The maximum absolute atomic E-state index is 8.07. The molecule has 0 saturated heterocycles. The predicted octanol–water partition coefficient (Wildman–Crippen LogP) is 9.70. The Morgan fingerprint density at radius 2 is 1.33 bits per heavy atom. The number of pyridine rings is 2. The Balaban J connectivity index is 0.000000258. The first-order valence-electron chi connectivity index (χ1n) is 16.4. The Morgan fingerprint density at radius 3 is 2.00 bits per heavy atom. The second-order valence-electron chi connectivity index (χ2n) is 10.2. The van der Waals surface area contributed by atoms with Crippen molar-refractivity contribution in [2.24, 2.45) is 0 Å². The molecule has 0 aliphatic rings. The Labute approximate surface area is 272 Å². The van der Waals surface area contributed by atoms with Gasteiger partial charge < -0.3 is 9.97 Å². The Hall–Kier alpha value is -4.17. The van der Waals surface area contributed by atoms with E-state index in [9.17, 15) is 0 Å². The molecule has 2 aromatic heterocycles. The number of hydrogen-bond acceptors (Lipinski definition) is 2. The summed E-state index contributed by atoms with van der Waals surface area (Å²) < 4.78 is 45.9. The van der Waals surface area contributed by atoms with E-state index in [-0.39, 0.29) is 31.1 Å². The van der Waals surface area contributed by atoms with E-state index >= 15 is 0 Å². The van der Waals surface area contributed by atoms with Gasteiger partial charge in [0.15, 0.2) is 0 Å². The second kappa shape index (κ2) is 14.1. The summed E-state index contributed by atoms with van der Waals surface area (Å²) in [5.41, 5.74) is 7.13. The van der Waals surface area contributed by atoms with Crippen LogP contribution in [0.3, 0.4) is 0 Å². The number of rotatable bonds is 5. The molecule has 0 bridgehead atoms. The number of aryl methyl sites for hydroxylation is 2. The normalized spacial score (nSPS) is 13.4. The minimum Gasteiger partial charge on any atom is -0.304 e. The van der Waals surface area contributed by atoms with Crippen LogP contribution < -0.4 is 0 Å². The SMILES string of the molecule is [2H]C([2H])([2H])c1cc(-c2[c-]ccc(C(C)(C)c3ccccc3)c2)ncc1-c1ccccc1.[2H]C([2H])([2H])c1ccc(-c2[c-]cccc2)nc1.[Ir]. The van der Waals surface area contributed by atoms with E-state index in [0.29, 0.717) is 16.8 Å². The summed E-state index contributed by atoms with van der Waals surface area (Å²) in [7, 11) is 0. The van der Waals surface area contributed by atoms with Gasteiger partial charge in [-0.15, -0.1) is 71.3 Å². The summed E-state index contributed by atoms with van der Waals surface area (Å²) in [5, 5.41) is 0. The molecule has 4 aromatic carbocycles. The van der Waals surface area contributed by atoms with Crippen molar-refractivity contribution in [2.45, 2.75) is 33.0 Å². The zero-order valence-corrected chi connectivity index (χ0v) is 25.8. The van der Waals surface area contributed by atoms with E-state index in [1.165, 1.54) is 11.8 Å². The first-order valence-corrected chi connectivity index (χ1v) is 13.4. The van der Waals surface area contributed by atoms with E-state index in [1.807, 2.05) is 72.8 Å². The fourth-order valence-electron chi connectivity index (χ4n) is 4.58. The number of nitrogens with zero attached hydrogens (tertiary/aromatic N) is 2. The van der Waals surface area contributed by atoms with Crippen LogP contribution in [0.1, 0.15) is 44.3 Å². The van der Waals surface area contributed by atoms with Gasteiger partial charge in [0.2, 0.25) is 0 Å². The first-order chi connectivity index (χ1) is 22.3. The number of hydrogen-bond donors (Lipinski definition) is 0. The summed E-state index contributed by atoms with van der Waals surface area (Å²) in [6, 6.07) is 44.5. The van der Waals surface area contributed by atoms with Crippen LogP contribution in [0.2, 0.25) is 0 Å². The van der Waals surface area contributed by atoms with Crippen LogP contribution in [0.15, 0.2) is 134 Å². The van der Waals surface area contributed by atoms with E-state index in [4.69, 9.17) is 8.22 Å². The molecule has 1 radical (unpaired) electrons. The monoisotopic (exact) mass is 729 g/mol. The van der Waals surface area contributed by atoms with Crippen molar-refractivity contribution in [2.75, 3.05) is 0 Å². The Bertz CT molecular complexity index is 1910. The van der Waals surface area contributed by atoms with Crippen LogP contribution in [0.4, 0.5) is 0 Å². The molecule has 211 valence electrons. The Morgan fingerprint density at radius 1 is 0.619 bits per heavy atom. The third-order valence-corrected chi connectivity index (χ3v) is 7.03. The van der Waals surface area contributed by atoms with Gasteiger partial charge in [0.25, 0.3) is 0 Å². The molecule has 6 rings (SSSR count). The van der Waals surface area contributed by atoms with E-state index in [0.717, 1.165) is 27.9 Å². The third kappa shape index (κ3) is 7.36. The van der Waals surface area contributed by atoms with Crippen molar-refractivity contribution in [1.82, 2.24) is 9.97 Å². The molecule has 2 heterocycles. The van der Waals surface area contributed by atoms with Crippen LogP contribution in [0, 0.1) is 25.8 Å². The number of aromatic nitrogens is 2. The van der Waals surface area contributed by atoms with Crippen LogP contribution in [-0.2, 0) is 25.5 Å². The van der Waals surface area contributed by atoms with Crippen molar-refractivity contribution in [1.29, 1.82) is 0 Å². The molecular weight excluding hydrogens is 689 g/mol. The molecule has 0 aliphatic heterocycles. The molecule has 0 aliphatic carbocycles. The van der Waals surface area contributed by atoms with Crippen LogP contribution in [-0.4, -0.2) is 9.97 Å². The fraction of sp³-hybridized carbons (Fsp3) is 0.128. The van der Waals surface area contributed by atoms with Crippen molar-refractivity contribution in [3.05, 3.63) is 168 Å². The summed E-state index contributed by atoms with van der Waals surface area (Å²) >= 11 is 0. The topological polar surface area (TPSA) is 25.8 Å². The van der Waals surface area contributed by atoms with Gasteiger partial charge in [-0.25, -0.2) is 0 Å². The zero-order valence-electron chi connectivity index (χ0n) is 29.4. The van der Waals surface area contributed by atoms with E-state index < -0.39 is 13.7 Å². The zero-order chi connectivity index (χ0) is 33.7. The molecule has 3 heteroatoms. The first kappa shape index (κ1) is 23.4. The fourth-order valence-corrected chi connectivity index (χ4v) is 4.58. The van der Waals surface area contributed by atoms with Gasteiger partial charge in [0.1, 0.15) is 0 Å². The van der Waals surface area contributed by atoms with Gasteiger partial charge in [0.05, 0.1) is 0 Å². The van der Waals surface area contributed by atoms with Crippen molar-refractivity contribution in [3.63, 3.8) is 0 Å². The molecule has 2 nitrogen and oxygen atoms in total. The average Bonchev–Trinajstić information content (AvgIpc) is 3.09. The standard InChI is InChI=1S/C27H24N.C12H10N.Ir/c1-20-17-26(28-19-25(20)21-11-6-4-7-12-21)22-13-10-16-24(18-22)27(2,3)23-14-8-5-9-15-23;1-10-7-8-12(13-9-10)11-5-3-2-4-6-11;/h4-12,14-19H,1-3H3;2-5,7-9H,1H3;/q2*-1;/i2*1D3;. The molecule has 0 saturated carbocycles. The van der Waals surface area contributed by atoms with Crippen molar-refractivity contribution < 1.29 is 28.3 Å². The molecule has 0 N–H and O–H groups in total. The maximum Gasteiger partial charge on any atom is 0.0280 e. The Kier molecular flexibility index (Phi) is 7.88. The largest absolute Gasteiger partial charge is 0.304 e. The summed E-state index contributed by atoms with van der Waals surface area (Å²) in [6.45, 7) is 0.0260. The summed E-state index contributed by atoms with van der Waals surface area (Å²) in [4.78, 5) is 8.74. The molecule has 0 unspecified atom stereocenters. The van der Waals surface area contributed by atoms with Gasteiger partial charge in [-0.2, -0.15) is 0 Å². The van der Waals surface area contributed by atoms with Crippen molar-refractivity contribution >= 4 is 0 Å². The third-order valence-electron chi connectivity index (χ3n) is 7.03. The van der Waals surface area contributed by atoms with Crippen molar-refractivity contribution in [3.8, 4) is 33.6 Å². The quantitative estimate of drug-likeness (QED) is 0.165. The summed E-state index contributed by atoms with van der Waals surface area (Å²) in [5.74, 6) is 0. The van der Waals surface area contributed by atoms with E-state index in [2.05, 4.69) is 60.2 Å². The van der Waals surface area contributed by atoms with Crippen LogP contribution >= 0.6 is 0 Å². The van der Waals surface area contributed by atoms with E-state index in [1.54, 1.807) is 30.5 Å². The minimum atomic E-state index is -2.25. The average molecular weight is 729 g/mol. The predicted molar refractivity (Wildman–Crippen MR) is 170 cm³/mol. The minimum absolute atomic E-state index is 0. The molecule has 0 fully saturated rings. The molecule has 0 spiro atoms. The van der Waals surface area contributed by atoms with Gasteiger partial charge in [-0.05, 0) is 52.8 Å². The van der Waals surface area contributed by atoms with Gasteiger partial charge >= 0.3 is 0 Å². The molecule has 0 amide bonds. The van der Waals surface area contributed by atoms with Gasteiger partial charge in [-0.3, -0.25) is 0 Å². The van der Waals surface area contributed by atoms with Gasteiger partial charge in [0, 0.05) is 46.3 Å². The summed E-state index contributed by atoms with van der Waals surface area (Å²) in [6.07, 6.45) is 3.05. The van der Waals surface area contributed by atoms with Crippen LogP contribution in [0.25, 0.3) is 33.6 Å². The molecule has 6 aromatic rings. The molecular formula is C39H34IrN2-2. The molecule has 0 atom stereocenters. The maximum atomic E-state index is 8.07. The van der Waals surface area contributed by atoms with Crippen LogP contribution in [0.5, 0.6) is 0 Å². The number of benzene rings is 4. The van der Waals surface area contributed by atoms with Gasteiger partial charge in [-0.1, -0.05) is 92.7 Å².